The molecule has 0 aliphatic carbocycles. The van der Waals surface area contributed by atoms with Gasteiger partial charge in [-0.15, -0.1) is 0 Å². The number of hydrogen-bond donors (Lipinski definition) is 1. The van der Waals surface area contributed by atoms with Crippen LogP contribution in [-0.4, -0.2) is 29.9 Å². The highest BCUT2D eigenvalue weighted by atomic mass is 16.2. The summed E-state index contributed by atoms with van der Waals surface area (Å²) in [7, 11) is 0. The number of piperidine rings is 1. The second kappa shape index (κ2) is 5.67. The molecular weight excluding hydrogens is 200 g/mol. The first-order valence-electron chi connectivity index (χ1n) is 6.51. The van der Waals surface area contributed by atoms with Crippen molar-refractivity contribution in [2.24, 2.45) is 23.5 Å². The minimum Gasteiger partial charge on any atom is -0.339 e. The van der Waals surface area contributed by atoms with Gasteiger partial charge in [-0.1, -0.05) is 20.8 Å². The molecule has 0 bridgehead atoms. The van der Waals surface area contributed by atoms with Crippen LogP contribution in [0.3, 0.4) is 0 Å². The summed E-state index contributed by atoms with van der Waals surface area (Å²) in [5.41, 5.74) is 5.66. The van der Waals surface area contributed by atoms with Crippen LogP contribution in [0.25, 0.3) is 0 Å². The smallest absolute Gasteiger partial charge is 0.227 e. The first kappa shape index (κ1) is 13.5. The topological polar surface area (TPSA) is 46.3 Å². The average Bonchev–Trinajstić information content (AvgIpc) is 2.24. The Bertz CT molecular complexity index is 238. The summed E-state index contributed by atoms with van der Waals surface area (Å²) < 4.78 is 0. The van der Waals surface area contributed by atoms with E-state index in [0.717, 1.165) is 13.0 Å². The number of rotatable bonds is 3. The molecule has 0 saturated carbocycles. The van der Waals surface area contributed by atoms with E-state index < -0.39 is 0 Å². The molecule has 1 amide bonds. The zero-order chi connectivity index (χ0) is 12.3. The van der Waals surface area contributed by atoms with Gasteiger partial charge in [0.05, 0.1) is 5.92 Å². The van der Waals surface area contributed by atoms with Crippen molar-refractivity contribution >= 4 is 5.91 Å². The Morgan fingerprint density at radius 1 is 1.44 bits per heavy atom. The predicted molar refractivity (Wildman–Crippen MR) is 67.0 cm³/mol. The van der Waals surface area contributed by atoms with Gasteiger partial charge in [-0.05, 0) is 31.6 Å². The van der Waals surface area contributed by atoms with Crippen LogP contribution in [0.5, 0.6) is 0 Å². The van der Waals surface area contributed by atoms with Crippen LogP contribution >= 0.6 is 0 Å². The maximum Gasteiger partial charge on any atom is 0.227 e. The summed E-state index contributed by atoms with van der Waals surface area (Å²) in [4.78, 5) is 14.4. The lowest BCUT2D eigenvalue weighted by Gasteiger charge is -2.42. The van der Waals surface area contributed by atoms with Gasteiger partial charge in [-0.25, -0.2) is 0 Å². The molecule has 1 saturated heterocycles. The molecule has 4 atom stereocenters. The Labute approximate surface area is 99.4 Å². The van der Waals surface area contributed by atoms with E-state index >= 15 is 0 Å². The average molecular weight is 226 g/mol. The molecule has 1 rings (SSSR count). The number of likely N-dealkylation sites (tertiary alicyclic amines) is 1. The molecule has 4 unspecified atom stereocenters. The Balaban J connectivity index is 2.73. The molecule has 0 aromatic carbocycles. The number of nitrogens with zero attached hydrogens (tertiary/aromatic N) is 1. The minimum absolute atomic E-state index is 0.0138. The minimum atomic E-state index is 0.0138. The van der Waals surface area contributed by atoms with Crippen LogP contribution in [0.1, 0.15) is 40.5 Å². The van der Waals surface area contributed by atoms with E-state index in [4.69, 9.17) is 5.73 Å². The van der Waals surface area contributed by atoms with Gasteiger partial charge in [0.15, 0.2) is 0 Å². The van der Waals surface area contributed by atoms with Gasteiger partial charge in [-0.3, -0.25) is 4.79 Å². The van der Waals surface area contributed by atoms with Crippen molar-refractivity contribution in [3.05, 3.63) is 0 Å². The third-order valence-corrected chi connectivity index (χ3v) is 4.01. The standard InChI is InChI=1S/C13H26N2O/c1-5-12(7-14)13(16)15-8-9(2)6-10(3)11(15)4/h9-12H,5-8,14H2,1-4H3. The number of carbonyl (C=O) groups is 1. The van der Waals surface area contributed by atoms with Crippen LogP contribution in [0, 0.1) is 17.8 Å². The Hall–Kier alpha value is -0.570. The maximum absolute atomic E-state index is 12.3. The van der Waals surface area contributed by atoms with Gasteiger partial charge < -0.3 is 10.6 Å². The van der Waals surface area contributed by atoms with E-state index in [1.807, 2.05) is 6.92 Å². The number of carbonyl (C=O) groups excluding carboxylic acids is 1. The highest BCUT2D eigenvalue weighted by molar-refractivity contribution is 5.79. The molecule has 1 aliphatic heterocycles. The van der Waals surface area contributed by atoms with Gasteiger partial charge in [0.25, 0.3) is 0 Å². The molecule has 3 heteroatoms. The highest BCUT2D eigenvalue weighted by Crippen LogP contribution is 2.28. The molecule has 1 aliphatic rings. The van der Waals surface area contributed by atoms with E-state index in [2.05, 4.69) is 25.7 Å². The van der Waals surface area contributed by atoms with Crippen LogP contribution in [0.15, 0.2) is 0 Å². The fourth-order valence-electron chi connectivity index (χ4n) is 2.68. The molecule has 1 heterocycles. The maximum atomic E-state index is 12.3. The lowest BCUT2D eigenvalue weighted by atomic mass is 9.85. The highest BCUT2D eigenvalue weighted by Gasteiger charge is 2.33. The second-order valence-corrected chi connectivity index (χ2v) is 5.39. The fourth-order valence-corrected chi connectivity index (χ4v) is 2.68. The third-order valence-electron chi connectivity index (χ3n) is 4.01. The van der Waals surface area contributed by atoms with E-state index in [0.29, 0.717) is 24.4 Å². The SMILES string of the molecule is CCC(CN)C(=O)N1CC(C)CC(C)C1C. The summed E-state index contributed by atoms with van der Waals surface area (Å²) in [6.07, 6.45) is 2.08. The molecule has 2 N–H and O–H groups in total. The molecule has 0 aromatic heterocycles. The normalized spacial score (nSPS) is 32.6. The summed E-state index contributed by atoms with van der Waals surface area (Å²) >= 11 is 0. The van der Waals surface area contributed by atoms with Crippen molar-refractivity contribution < 1.29 is 4.79 Å². The van der Waals surface area contributed by atoms with Crippen molar-refractivity contribution in [2.75, 3.05) is 13.1 Å². The zero-order valence-corrected chi connectivity index (χ0v) is 11.1. The van der Waals surface area contributed by atoms with E-state index in [1.165, 1.54) is 6.42 Å². The molecule has 94 valence electrons. The summed E-state index contributed by atoms with van der Waals surface area (Å²) in [6.45, 7) is 10.0. The van der Waals surface area contributed by atoms with E-state index in [1.54, 1.807) is 0 Å². The van der Waals surface area contributed by atoms with Crippen LogP contribution < -0.4 is 5.73 Å². The number of hydrogen-bond acceptors (Lipinski definition) is 2. The molecule has 1 fully saturated rings. The largest absolute Gasteiger partial charge is 0.339 e. The van der Waals surface area contributed by atoms with Gasteiger partial charge >= 0.3 is 0 Å². The van der Waals surface area contributed by atoms with Crippen molar-refractivity contribution in [3.63, 3.8) is 0 Å². The molecule has 0 spiro atoms. The number of amides is 1. The van der Waals surface area contributed by atoms with Crippen molar-refractivity contribution in [1.29, 1.82) is 0 Å². The summed E-state index contributed by atoms with van der Waals surface area (Å²) in [6, 6.07) is 0.365. The van der Waals surface area contributed by atoms with Crippen LogP contribution in [0.4, 0.5) is 0 Å². The first-order chi connectivity index (χ1) is 7.51. The quantitative estimate of drug-likeness (QED) is 0.798. The van der Waals surface area contributed by atoms with Crippen molar-refractivity contribution in [2.45, 2.75) is 46.6 Å². The Morgan fingerprint density at radius 3 is 2.56 bits per heavy atom. The lowest BCUT2D eigenvalue weighted by molar-refractivity contribution is -0.141. The Morgan fingerprint density at radius 2 is 2.06 bits per heavy atom. The molecule has 3 nitrogen and oxygen atoms in total. The zero-order valence-electron chi connectivity index (χ0n) is 11.1. The monoisotopic (exact) mass is 226 g/mol. The first-order valence-corrected chi connectivity index (χ1v) is 6.51. The molecule has 0 aromatic rings. The van der Waals surface area contributed by atoms with Gasteiger partial charge in [0.2, 0.25) is 5.91 Å². The van der Waals surface area contributed by atoms with E-state index in [-0.39, 0.29) is 11.8 Å². The molecular formula is C13H26N2O. The second-order valence-electron chi connectivity index (χ2n) is 5.39. The molecule has 0 radical (unpaired) electrons. The van der Waals surface area contributed by atoms with Gasteiger partial charge in [0.1, 0.15) is 0 Å². The summed E-state index contributed by atoms with van der Waals surface area (Å²) in [5, 5.41) is 0. The van der Waals surface area contributed by atoms with E-state index in [9.17, 15) is 4.79 Å². The fraction of sp³-hybridized carbons (Fsp3) is 0.923. The Kier molecular flexibility index (Phi) is 4.78. The van der Waals surface area contributed by atoms with Gasteiger partial charge in [-0.2, -0.15) is 0 Å². The lowest BCUT2D eigenvalue weighted by Crippen LogP contribution is -2.51. The third kappa shape index (κ3) is 2.76. The van der Waals surface area contributed by atoms with Crippen LogP contribution in [0.2, 0.25) is 0 Å². The molecule has 16 heavy (non-hydrogen) atoms. The summed E-state index contributed by atoms with van der Waals surface area (Å²) in [5.74, 6) is 1.49. The van der Waals surface area contributed by atoms with Crippen molar-refractivity contribution in [1.82, 2.24) is 4.90 Å². The van der Waals surface area contributed by atoms with Crippen molar-refractivity contribution in [3.8, 4) is 0 Å². The number of nitrogens with two attached hydrogens (primary N) is 1. The van der Waals surface area contributed by atoms with Crippen LogP contribution in [-0.2, 0) is 4.79 Å². The van der Waals surface area contributed by atoms with Gasteiger partial charge in [0, 0.05) is 19.1 Å². The predicted octanol–water partition coefficient (Wildman–Crippen LogP) is 1.86.